The Balaban J connectivity index is 1.88. The van der Waals surface area contributed by atoms with E-state index in [1.165, 1.54) is 6.07 Å². The smallest absolute Gasteiger partial charge is 0.224 e. The Hall–Kier alpha value is -2.96. The second kappa shape index (κ2) is 6.89. The van der Waals surface area contributed by atoms with Crippen LogP contribution in [0.4, 0.5) is 0 Å². The van der Waals surface area contributed by atoms with E-state index in [1.54, 1.807) is 13.2 Å². The minimum absolute atomic E-state index is 0.0334. The first kappa shape index (κ1) is 18.4. The third kappa shape index (κ3) is 3.21. The predicted molar refractivity (Wildman–Crippen MR) is 105 cm³/mol. The zero-order valence-electron chi connectivity index (χ0n) is 16.3. The molecule has 2 aromatic rings. The molecule has 2 aromatic carbocycles. The van der Waals surface area contributed by atoms with Crippen LogP contribution >= 0.6 is 0 Å². The van der Waals surface area contributed by atoms with E-state index in [-0.39, 0.29) is 11.5 Å². The number of rotatable bonds is 6. The summed E-state index contributed by atoms with van der Waals surface area (Å²) in [4.78, 5) is 0. The molecular weight excluding hydrogens is 356 g/mol. The van der Waals surface area contributed by atoms with Crippen molar-refractivity contribution in [3.63, 3.8) is 0 Å². The summed E-state index contributed by atoms with van der Waals surface area (Å²) in [5.41, 5.74) is 1.89. The Labute approximate surface area is 163 Å². The molecule has 4 rings (SSSR count). The Morgan fingerprint density at radius 2 is 1.75 bits per heavy atom. The zero-order chi connectivity index (χ0) is 19.9. The highest BCUT2D eigenvalue weighted by molar-refractivity contribution is 5.78. The molecule has 1 aliphatic heterocycles. The van der Waals surface area contributed by atoms with Crippen molar-refractivity contribution >= 4 is 0 Å². The van der Waals surface area contributed by atoms with Gasteiger partial charge in [-0.2, -0.15) is 0 Å². The Kier molecular flexibility index (Phi) is 4.53. The van der Waals surface area contributed by atoms with Crippen molar-refractivity contribution in [2.24, 2.45) is 26.6 Å². The molecule has 0 radical (unpaired) electrons. The lowest BCUT2D eigenvalue weighted by Crippen LogP contribution is -2.20. The molecule has 0 atom stereocenters. The van der Waals surface area contributed by atoms with Gasteiger partial charge in [0.25, 0.3) is 0 Å². The average molecular weight is 380 g/mol. The molecule has 0 unspecified atom stereocenters. The van der Waals surface area contributed by atoms with Gasteiger partial charge in [0.1, 0.15) is 17.2 Å². The standard InChI is InChI=1S/C21H24N4O3/c1-12(2)14-6-7-20(28-3)16(8-14)15-9-17(19(27)10-18(15)26)21(11-13-4-5-13)22-24-25-23-21/h6-10,12-13,26-27H,4-5,11H2,1-3H3. The number of phenols is 2. The van der Waals surface area contributed by atoms with Gasteiger partial charge < -0.3 is 14.9 Å². The summed E-state index contributed by atoms with van der Waals surface area (Å²) < 4.78 is 5.53. The highest BCUT2D eigenvalue weighted by Crippen LogP contribution is 2.50. The van der Waals surface area contributed by atoms with Crippen LogP contribution in [0.5, 0.6) is 17.2 Å². The number of hydrogen-bond acceptors (Lipinski definition) is 7. The minimum atomic E-state index is -1.03. The molecule has 28 heavy (non-hydrogen) atoms. The summed E-state index contributed by atoms with van der Waals surface area (Å²) in [5, 5.41) is 37.1. The van der Waals surface area contributed by atoms with Crippen LogP contribution in [0.2, 0.25) is 0 Å². The molecule has 7 heteroatoms. The first-order chi connectivity index (χ1) is 13.4. The van der Waals surface area contributed by atoms with E-state index in [0.29, 0.717) is 35.1 Å². The van der Waals surface area contributed by atoms with Crippen LogP contribution < -0.4 is 4.74 Å². The monoisotopic (exact) mass is 380 g/mol. The normalized spacial score (nSPS) is 17.4. The van der Waals surface area contributed by atoms with Gasteiger partial charge >= 0.3 is 0 Å². The van der Waals surface area contributed by atoms with Crippen LogP contribution in [0, 0.1) is 5.92 Å². The molecule has 0 amide bonds. The van der Waals surface area contributed by atoms with Crippen molar-refractivity contribution in [3.05, 3.63) is 41.5 Å². The van der Waals surface area contributed by atoms with Crippen LogP contribution in [0.3, 0.4) is 0 Å². The van der Waals surface area contributed by atoms with E-state index in [1.807, 2.05) is 18.2 Å². The number of aromatic hydroxyl groups is 2. The second-order valence-corrected chi connectivity index (χ2v) is 7.84. The highest BCUT2D eigenvalue weighted by atomic mass is 16.5. The number of phenolic OH excluding ortho intramolecular Hbond substituents is 2. The van der Waals surface area contributed by atoms with Gasteiger partial charge in [-0.1, -0.05) is 32.8 Å². The van der Waals surface area contributed by atoms with Gasteiger partial charge in [0.15, 0.2) is 0 Å². The van der Waals surface area contributed by atoms with Crippen LogP contribution in [-0.4, -0.2) is 17.3 Å². The molecule has 2 N–H and O–H groups in total. The van der Waals surface area contributed by atoms with Crippen LogP contribution in [0.1, 0.15) is 50.2 Å². The molecule has 1 saturated carbocycles. The minimum Gasteiger partial charge on any atom is -0.507 e. The molecule has 1 heterocycles. The van der Waals surface area contributed by atoms with E-state index >= 15 is 0 Å². The van der Waals surface area contributed by atoms with Crippen molar-refractivity contribution in [3.8, 4) is 28.4 Å². The van der Waals surface area contributed by atoms with Gasteiger partial charge in [0.05, 0.1) is 7.11 Å². The Bertz CT molecular complexity index is 952. The quantitative estimate of drug-likeness (QED) is 0.674. The lowest BCUT2D eigenvalue weighted by atomic mass is 9.89. The van der Waals surface area contributed by atoms with Gasteiger partial charge in [0.2, 0.25) is 5.66 Å². The molecule has 2 aliphatic rings. The maximum absolute atomic E-state index is 10.6. The Morgan fingerprint density at radius 3 is 2.36 bits per heavy atom. The van der Waals surface area contributed by atoms with Crippen molar-refractivity contribution < 1.29 is 14.9 Å². The lowest BCUT2D eigenvalue weighted by Gasteiger charge is -2.23. The summed E-state index contributed by atoms with van der Waals surface area (Å²) in [7, 11) is 1.60. The van der Waals surface area contributed by atoms with Gasteiger partial charge in [-0.3, -0.25) is 0 Å². The van der Waals surface area contributed by atoms with Crippen molar-refractivity contribution in [2.45, 2.75) is 44.7 Å². The fraction of sp³-hybridized carbons (Fsp3) is 0.429. The fourth-order valence-corrected chi connectivity index (χ4v) is 3.64. The summed E-state index contributed by atoms with van der Waals surface area (Å²) in [6, 6.07) is 8.98. The van der Waals surface area contributed by atoms with Crippen molar-refractivity contribution in [1.29, 1.82) is 0 Å². The van der Waals surface area contributed by atoms with Gasteiger partial charge in [-0.25, -0.2) is 0 Å². The predicted octanol–water partition coefficient (Wildman–Crippen LogP) is 5.68. The maximum Gasteiger partial charge on any atom is 0.224 e. The third-order valence-corrected chi connectivity index (χ3v) is 5.46. The van der Waals surface area contributed by atoms with Crippen molar-refractivity contribution in [2.75, 3.05) is 7.11 Å². The zero-order valence-corrected chi connectivity index (χ0v) is 16.3. The lowest BCUT2D eigenvalue weighted by molar-refractivity contribution is 0.370. The fourth-order valence-electron chi connectivity index (χ4n) is 3.64. The van der Waals surface area contributed by atoms with Crippen molar-refractivity contribution in [1.82, 2.24) is 0 Å². The molecule has 1 fully saturated rings. The highest BCUT2D eigenvalue weighted by Gasteiger charge is 2.43. The number of benzene rings is 2. The van der Waals surface area contributed by atoms with Crippen LogP contribution in [0.15, 0.2) is 51.0 Å². The molecule has 0 bridgehead atoms. The van der Waals surface area contributed by atoms with Crippen LogP contribution in [-0.2, 0) is 5.66 Å². The van der Waals surface area contributed by atoms with E-state index in [4.69, 9.17) is 4.74 Å². The third-order valence-electron chi connectivity index (χ3n) is 5.46. The first-order valence-electron chi connectivity index (χ1n) is 9.52. The van der Waals surface area contributed by atoms with Gasteiger partial charge in [-0.05, 0) is 46.0 Å². The first-order valence-corrected chi connectivity index (χ1v) is 9.52. The summed E-state index contributed by atoms with van der Waals surface area (Å²) in [6.45, 7) is 4.22. The number of ether oxygens (including phenoxy) is 1. The average Bonchev–Trinajstić information content (AvgIpc) is 3.35. The van der Waals surface area contributed by atoms with Crippen LogP contribution in [0.25, 0.3) is 11.1 Å². The summed E-state index contributed by atoms with van der Waals surface area (Å²) in [5.74, 6) is 1.35. The molecule has 0 aromatic heterocycles. The molecule has 0 spiro atoms. The van der Waals surface area contributed by atoms with Gasteiger partial charge in [0, 0.05) is 29.2 Å². The summed E-state index contributed by atoms with van der Waals surface area (Å²) in [6.07, 6.45) is 2.87. The van der Waals surface area contributed by atoms with E-state index in [0.717, 1.165) is 24.0 Å². The molecule has 146 valence electrons. The second-order valence-electron chi connectivity index (χ2n) is 7.84. The van der Waals surface area contributed by atoms with E-state index in [2.05, 4.69) is 34.5 Å². The molecule has 0 saturated heterocycles. The molecular formula is C21H24N4O3. The summed E-state index contributed by atoms with van der Waals surface area (Å²) >= 11 is 0. The maximum atomic E-state index is 10.6. The van der Waals surface area contributed by atoms with Gasteiger partial charge in [-0.15, -0.1) is 10.2 Å². The Morgan fingerprint density at radius 1 is 1.04 bits per heavy atom. The topological polar surface area (TPSA) is 99.1 Å². The largest absolute Gasteiger partial charge is 0.507 e. The molecule has 1 aliphatic carbocycles. The number of methoxy groups -OCH3 is 1. The molecule has 7 nitrogen and oxygen atoms in total. The number of nitrogens with zero attached hydrogens (tertiary/aromatic N) is 4. The SMILES string of the molecule is COc1ccc(C(C)C)cc1-c1cc(C2(CC3CC3)N=NN=N2)c(O)cc1O. The number of hydrogen-bond donors (Lipinski definition) is 2. The van der Waals surface area contributed by atoms with E-state index < -0.39 is 5.66 Å². The van der Waals surface area contributed by atoms with E-state index in [9.17, 15) is 10.2 Å².